The summed E-state index contributed by atoms with van der Waals surface area (Å²) in [5.41, 5.74) is 0.561. The van der Waals surface area contributed by atoms with Crippen molar-refractivity contribution < 1.29 is 9.15 Å². The molecule has 0 spiro atoms. The first-order valence-corrected chi connectivity index (χ1v) is 7.42. The SMILES string of the molecule is CCCCCC(CC)Oc1ccc2c(=O)ccoc2c1. The lowest BCUT2D eigenvalue weighted by Gasteiger charge is -2.17. The molecule has 0 N–H and O–H groups in total. The molecule has 108 valence electrons. The van der Waals surface area contributed by atoms with Gasteiger partial charge >= 0.3 is 0 Å². The maximum Gasteiger partial charge on any atom is 0.192 e. The van der Waals surface area contributed by atoms with Gasteiger partial charge in [-0.05, 0) is 31.4 Å². The van der Waals surface area contributed by atoms with Crippen LogP contribution < -0.4 is 10.2 Å². The van der Waals surface area contributed by atoms with E-state index in [9.17, 15) is 4.79 Å². The molecule has 1 unspecified atom stereocenters. The average Bonchev–Trinajstić information content (AvgIpc) is 2.46. The molecule has 0 amide bonds. The van der Waals surface area contributed by atoms with Crippen LogP contribution in [0.2, 0.25) is 0 Å². The second-order valence-corrected chi connectivity index (χ2v) is 5.09. The van der Waals surface area contributed by atoms with E-state index in [1.807, 2.05) is 6.07 Å². The van der Waals surface area contributed by atoms with Gasteiger partial charge in [0.05, 0.1) is 17.8 Å². The topological polar surface area (TPSA) is 39.4 Å². The monoisotopic (exact) mass is 274 g/mol. The van der Waals surface area contributed by atoms with Crippen molar-refractivity contribution >= 4 is 11.0 Å². The van der Waals surface area contributed by atoms with E-state index >= 15 is 0 Å². The van der Waals surface area contributed by atoms with Crippen molar-refractivity contribution in [3.8, 4) is 5.75 Å². The molecular formula is C17H22O3. The number of hydrogen-bond donors (Lipinski definition) is 0. The third-order valence-corrected chi connectivity index (χ3v) is 3.52. The Hall–Kier alpha value is -1.77. The Balaban J connectivity index is 2.10. The standard InChI is InChI=1S/C17H22O3/c1-3-5-6-7-13(4-2)20-14-8-9-15-16(18)10-11-19-17(15)12-14/h8-13H,3-7H2,1-2H3. The van der Waals surface area contributed by atoms with Crippen LogP contribution in [0.1, 0.15) is 46.0 Å². The highest BCUT2D eigenvalue weighted by Gasteiger charge is 2.09. The predicted octanol–water partition coefficient (Wildman–Crippen LogP) is 4.53. The number of benzene rings is 1. The highest BCUT2D eigenvalue weighted by molar-refractivity contribution is 5.77. The van der Waals surface area contributed by atoms with Crippen molar-refractivity contribution in [3.05, 3.63) is 40.8 Å². The maximum atomic E-state index is 11.6. The van der Waals surface area contributed by atoms with Gasteiger partial charge in [-0.25, -0.2) is 0 Å². The normalized spacial score (nSPS) is 12.5. The first-order chi connectivity index (χ1) is 9.74. The summed E-state index contributed by atoms with van der Waals surface area (Å²) in [6.07, 6.45) is 7.37. The summed E-state index contributed by atoms with van der Waals surface area (Å²) in [6.45, 7) is 4.34. The fourth-order valence-corrected chi connectivity index (χ4v) is 2.30. The Kier molecular flexibility index (Phi) is 5.22. The summed E-state index contributed by atoms with van der Waals surface area (Å²) in [7, 11) is 0. The third-order valence-electron chi connectivity index (χ3n) is 3.52. The van der Waals surface area contributed by atoms with Gasteiger partial charge in [0.15, 0.2) is 5.43 Å². The summed E-state index contributed by atoms with van der Waals surface area (Å²) >= 11 is 0. The minimum Gasteiger partial charge on any atom is -0.490 e. The summed E-state index contributed by atoms with van der Waals surface area (Å²) in [6, 6.07) is 6.86. The lowest BCUT2D eigenvalue weighted by molar-refractivity contribution is 0.183. The number of fused-ring (bicyclic) bond motifs is 1. The van der Waals surface area contributed by atoms with Crippen molar-refractivity contribution in [2.24, 2.45) is 0 Å². The number of hydrogen-bond acceptors (Lipinski definition) is 3. The van der Waals surface area contributed by atoms with Gasteiger partial charge in [0, 0.05) is 12.1 Å². The van der Waals surface area contributed by atoms with E-state index in [2.05, 4.69) is 13.8 Å². The zero-order valence-corrected chi connectivity index (χ0v) is 12.2. The Labute approximate surface area is 119 Å². The fourth-order valence-electron chi connectivity index (χ4n) is 2.30. The van der Waals surface area contributed by atoms with Crippen LogP contribution in [0.15, 0.2) is 39.7 Å². The van der Waals surface area contributed by atoms with E-state index in [1.54, 1.807) is 12.1 Å². The molecule has 1 aromatic carbocycles. The van der Waals surface area contributed by atoms with Crippen molar-refractivity contribution in [2.75, 3.05) is 0 Å². The van der Waals surface area contributed by atoms with Gasteiger partial charge in [-0.3, -0.25) is 4.79 Å². The molecule has 0 aliphatic carbocycles. The smallest absolute Gasteiger partial charge is 0.192 e. The molecule has 0 saturated carbocycles. The Bertz CT molecular complexity index is 600. The second kappa shape index (κ2) is 7.13. The number of unbranched alkanes of at least 4 members (excludes halogenated alkanes) is 2. The van der Waals surface area contributed by atoms with Gasteiger partial charge in [0.1, 0.15) is 11.3 Å². The second-order valence-electron chi connectivity index (χ2n) is 5.09. The molecule has 0 bridgehead atoms. The molecule has 1 atom stereocenters. The lowest BCUT2D eigenvalue weighted by atomic mass is 10.1. The fraction of sp³-hybridized carbons (Fsp3) is 0.471. The lowest BCUT2D eigenvalue weighted by Crippen LogP contribution is -2.15. The van der Waals surface area contributed by atoms with Gasteiger partial charge in [0.25, 0.3) is 0 Å². The molecule has 0 radical (unpaired) electrons. The molecule has 1 aromatic heterocycles. The molecule has 20 heavy (non-hydrogen) atoms. The van der Waals surface area contributed by atoms with E-state index in [0.29, 0.717) is 11.0 Å². The van der Waals surface area contributed by atoms with Crippen LogP contribution in [0, 0.1) is 0 Å². The van der Waals surface area contributed by atoms with Crippen LogP contribution in [0.3, 0.4) is 0 Å². The van der Waals surface area contributed by atoms with Crippen molar-refractivity contribution in [1.29, 1.82) is 0 Å². The Morgan fingerprint density at radius 3 is 2.80 bits per heavy atom. The van der Waals surface area contributed by atoms with E-state index < -0.39 is 0 Å². The zero-order valence-electron chi connectivity index (χ0n) is 12.2. The van der Waals surface area contributed by atoms with Gasteiger partial charge in [0.2, 0.25) is 0 Å². The van der Waals surface area contributed by atoms with Gasteiger partial charge < -0.3 is 9.15 Å². The number of ether oxygens (including phenoxy) is 1. The highest BCUT2D eigenvalue weighted by Crippen LogP contribution is 2.21. The molecular weight excluding hydrogens is 252 g/mol. The van der Waals surface area contributed by atoms with Crippen LogP contribution in [0.25, 0.3) is 11.0 Å². The van der Waals surface area contributed by atoms with Crippen molar-refractivity contribution in [3.63, 3.8) is 0 Å². The van der Waals surface area contributed by atoms with Crippen molar-refractivity contribution in [1.82, 2.24) is 0 Å². The van der Waals surface area contributed by atoms with Crippen LogP contribution in [-0.4, -0.2) is 6.10 Å². The van der Waals surface area contributed by atoms with E-state index in [0.717, 1.165) is 18.6 Å². The maximum absolute atomic E-state index is 11.6. The summed E-state index contributed by atoms with van der Waals surface area (Å²) < 4.78 is 11.4. The average molecular weight is 274 g/mol. The van der Waals surface area contributed by atoms with Crippen LogP contribution in [-0.2, 0) is 0 Å². The van der Waals surface area contributed by atoms with Crippen molar-refractivity contribution in [2.45, 2.75) is 52.1 Å². The van der Waals surface area contributed by atoms with E-state index in [-0.39, 0.29) is 11.5 Å². The molecule has 2 rings (SSSR count). The first kappa shape index (κ1) is 14.6. The zero-order chi connectivity index (χ0) is 14.4. The van der Waals surface area contributed by atoms with Gasteiger partial charge in [-0.2, -0.15) is 0 Å². The first-order valence-electron chi connectivity index (χ1n) is 7.42. The predicted molar refractivity (Wildman–Crippen MR) is 81.3 cm³/mol. The summed E-state index contributed by atoms with van der Waals surface area (Å²) in [4.78, 5) is 11.6. The molecule has 0 aliphatic rings. The Morgan fingerprint density at radius 1 is 1.20 bits per heavy atom. The minimum atomic E-state index is -0.0206. The van der Waals surface area contributed by atoms with Gasteiger partial charge in [-0.1, -0.05) is 26.7 Å². The van der Waals surface area contributed by atoms with E-state index in [4.69, 9.17) is 9.15 Å². The highest BCUT2D eigenvalue weighted by atomic mass is 16.5. The van der Waals surface area contributed by atoms with Crippen LogP contribution >= 0.6 is 0 Å². The van der Waals surface area contributed by atoms with Gasteiger partial charge in [-0.15, -0.1) is 0 Å². The number of rotatable bonds is 7. The molecule has 0 fully saturated rings. The molecule has 0 aliphatic heterocycles. The molecule has 3 nitrogen and oxygen atoms in total. The quantitative estimate of drug-likeness (QED) is 0.696. The Morgan fingerprint density at radius 2 is 2.05 bits per heavy atom. The molecule has 0 saturated heterocycles. The molecule has 3 heteroatoms. The minimum absolute atomic E-state index is 0.0206. The van der Waals surface area contributed by atoms with Crippen LogP contribution in [0.5, 0.6) is 5.75 Å². The van der Waals surface area contributed by atoms with Crippen LogP contribution in [0.4, 0.5) is 0 Å². The summed E-state index contributed by atoms with van der Waals surface area (Å²) in [5, 5.41) is 0.596. The third kappa shape index (κ3) is 3.62. The largest absolute Gasteiger partial charge is 0.490 e. The van der Waals surface area contributed by atoms with E-state index in [1.165, 1.54) is 31.6 Å². The molecule has 1 heterocycles. The molecule has 2 aromatic rings. The summed E-state index contributed by atoms with van der Waals surface area (Å²) in [5.74, 6) is 0.773.